The molecule has 1 N–H and O–H groups in total. The Labute approximate surface area is 110 Å². The molecule has 0 spiro atoms. The summed E-state index contributed by atoms with van der Waals surface area (Å²) in [5.74, 6) is -1.04. The number of hydrogen-bond acceptors (Lipinski definition) is 2. The van der Waals surface area contributed by atoms with Crippen molar-refractivity contribution in [3.8, 4) is 0 Å². The minimum Gasteiger partial charge on any atom is -0.478 e. The Morgan fingerprint density at radius 1 is 1.56 bits per heavy atom. The molecule has 1 aliphatic rings. The average Bonchev–Trinajstić information content (AvgIpc) is 2.67. The smallest absolute Gasteiger partial charge is 0.335 e. The quantitative estimate of drug-likeness (QED) is 0.855. The molecule has 18 heavy (non-hydrogen) atoms. The van der Waals surface area contributed by atoms with Crippen LogP contribution in [0.3, 0.4) is 0 Å². The number of benzene rings is 1. The van der Waals surface area contributed by atoms with Crippen LogP contribution in [0.2, 0.25) is 0 Å². The van der Waals surface area contributed by atoms with Gasteiger partial charge >= 0.3 is 5.97 Å². The number of carbonyl (C=O) groups excluding carboxylic acids is 1. The van der Waals surface area contributed by atoms with E-state index in [0.717, 1.165) is 12.0 Å². The predicted octanol–water partition coefficient (Wildman–Crippen LogP) is 2.29. The van der Waals surface area contributed by atoms with Gasteiger partial charge in [0.15, 0.2) is 0 Å². The van der Waals surface area contributed by atoms with Crippen LogP contribution < -0.4 is 4.90 Å². The summed E-state index contributed by atoms with van der Waals surface area (Å²) in [7, 11) is 0. The fourth-order valence-corrected chi connectivity index (χ4v) is 2.41. The highest BCUT2D eigenvalue weighted by atomic mass is 35.5. The number of carboxylic acid groups (broad SMARTS) is 1. The topological polar surface area (TPSA) is 57.6 Å². The molecule has 0 aliphatic carbocycles. The first-order valence-electron chi connectivity index (χ1n) is 5.83. The summed E-state index contributed by atoms with van der Waals surface area (Å²) >= 11 is 5.97. The molecule has 0 bridgehead atoms. The van der Waals surface area contributed by atoms with Crippen LogP contribution in [0.1, 0.15) is 29.3 Å². The van der Waals surface area contributed by atoms with Gasteiger partial charge in [-0.1, -0.05) is 13.0 Å². The second-order valence-electron chi connectivity index (χ2n) is 4.31. The largest absolute Gasteiger partial charge is 0.478 e. The first-order chi connectivity index (χ1) is 8.52. The van der Waals surface area contributed by atoms with Crippen molar-refractivity contribution in [2.75, 3.05) is 11.4 Å². The van der Waals surface area contributed by atoms with E-state index >= 15 is 0 Å². The molecule has 1 saturated heterocycles. The van der Waals surface area contributed by atoms with Gasteiger partial charge in [-0.25, -0.2) is 4.79 Å². The third-order valence-electron chi connectivity index (χ3n) is 3.08. The summed E-state index contributed by atoms with van der Waals surface area (Å²) in [5.41, 5.74) is 1.82. The van der Waals surface area contributed by atoms with Crippen LogP contribution in [-0.4, -0.2) is 28.9 Å². The highest BCUT2D eigenvalue weighted by molar-refractivity contribution is 6.24. The van der Waals surface area contributed by atoms with Gasteiger partial charge in [-0.05, 0) is 24.1 Å². The van der Waals surface area contributed by atoms with E-state index in [4.69, 9.17) is 16.7 Å². The van der Waals surface area contributed by atoms with Crippen molar-refractivity contribution in [2.45, 2.75) is 25.1 Å². The molecule has 1 atom stereocenters. The maximum absolute atomic E-state index is 11.8. The standard InChI is InChI=1S/C13H14ClNO3/c1-2-8-3-4-9(13(17)18)5-11(8)15-7-10(14)6-12(15)16/h3-5,10H,2,6-7H2,1H3,(H,17,18). The molecular weight excluding hydrogens is 254 g/mol. The summed E-state index contributed by atoms with van der Waals surface area (Å²) in [4.78, 5) is 24.4. The van der Waals surface area contributed by atoms with E-state index in [1.165, 1.54) is 0 Å². The van der Waals surface area contributed by atoms with Crippen LogP contribution in [0, 0.1) is 0 Å². The third-order valence-corrected chi connectivity index (χ3v) is 3.37. The molecule has 1 amide bonds. The van der Waals surface area contributed by atoms with Crippen molar-refractivity contribution >= 4 is 29.2 Å². The highest BCUT2D eigenvalue weighted by Crippen LogP contribution is 2.29. The summed E-state index contributed by atoms with van der Waals surface area (Å²) in [6, 6.07) is 4.87. The van der Waals surface area contributed by atoms with E-state index in [0.29, 0.717) is 18.7 Å². The molecule has 2 rings (SSSR count). The predicted molar refractivity (Wildman–Crippen MR) is 69.4 cm³/mol. The maximum atomic E-state index is 11.8. The molecule has 0 aromatic heterocycles. The zero-order chi connectivity index (χ0) is 13.3. The van der Waals surface area contributed by atoms with E-state index in [1.54, 1.807) is 23.1 Å². The molecule has 1 unspecified atom stereocenters. The van der Waals surface area contributed by atoms with Gasteiger partial charge in [-0.3, -0.25) is 4.79 Å². The number of hydrogen-bond donors (Lipinski definition) is 1. The van der Waals surface area contributed by atoms with Gasteiger partial charge in [-0.2, -0.15) is 0 Å². The number of carbonyl (C=O) groups is 2. The molecular formula is C13H14ClNO3. The van der Waals surface area contributed by atoms with Gasteiger partial charge < -0.3 is 10.0 Å². The van der Waals surface area contributed by atoms with Crippen molar-refractivity contribution in [2.24, 2.45) is 0 Å². The van der Waals surface area contributed by atoms with E-state index in [-0.39, 0.29) is 16.8 Å². The minimum absolute atomic E-state index is 0.0489. The third kappa shape index (κ3) is 2.34. The average molecular weight is 268 g/mol. The van der Waals surface area contributed by atoms with Crippen LogP contribution in [0.15, 0.2) is 18.2 Å². The van der Waals surface area contributed by atoms with E-state index in [2.05, 4.69) is 0 Å². The van der Waals surface area contributed by atoms with Gasteiger partial charge in [-0.15, -0.1) is 11.6 Å². The molecule has 1 heterocycles. The number of rotatable bonds is 3. The SMILES string of the molecule is CCc1ccc(C(=O)O)cc1N1CC(Cl)CC1=O. The molecule has 1 aliphatic heterocycles. The van der Waals surface area contributed by atoms with Crippen molar-refractivity contribution in [1.82, 2.24) is 0 Å². The monoisotopic (exact) mass is 267 g/mol. The number of alkyl halides is 1. The zero-order valence-electron chi connectivity index (χ0n) is 10.0. The fraction of sp³-hybridized carbons (Fsp3) is 0.385. The second-order valence-corrected chi connectivity index (χ2v) is 4.93. The van der Waals surface area contributed by atoms with Gasteiger partial charge in [0.1, 0.15) is 0 Å². The van der Waals surface area contributed by atoms with Crippen molar-refractivity contribution in [3.05, 3.63) is 29.3 Å². The summed E-state index contributed by atoms with van der Waals surface area (Å²) in [6.45, 7) is 2.41. The molecule has 0 radical (unpaired) electrons. The lowest BCUT2D eigenvalue weighted by Crippen LogP contribution is -2.26. The fourth-order valence-electron chi connectivity index (χ4n) is 2.14. The molecule has 1 fully saturated rings. The Morgan fingerprint density at radius 3 is 2.78 bits per heavy atom. The zero-order valence-corrected chi connectivity index (χ0v) is 10.8. The maximum Gasteiger partial charge on any atom is 0.335 e. The molecule has 0 saturated carbocycles. The number of carboxylic acids is 1. The van der Waals surface area contributed by atoms with Crippen LogP contribution in [0.4, 0.5) is 5.69 Å². The number of aryl methyl sites for hydroxylation is 1. The van der Waals surface area contributed by atoms with Gasteiger partial charge in [0.25, 0.3) is 0 Å². The first kappa shape index (κ1) is 12.9. The van der Waals surface area contributed by atoms with Gasteiger partial charge in [0, 0.05) is 18.7 Å². The van der Waals surface area contributed by atoms with Crippen LogP contribution >= 0.6 is 11.6 Å². The second kappa shape index (κ2) is 4.98. The van der Waals surface area contributed by atoms with Gasteiger partial charge in [0.05, 0.1) is 10.9 Å². The number of amides is 1. The lowest BCUT2D eigenvalue weighted by molar-refractivity contribution is -0.117. The number of nitrogens with zero attached hydrogens (tertiary/aromatic N) is 1. The highest BCUT2D eigenvalue weighted by Gasteiger charge is 2.30. The summed E-state index contributed by atoms with van der Waals surface area (Å²) < 4.78 is 0. The molecule has 5 heteroatoms. The molecule has 1 aromatic rings. The molecule has 96 valence electrons. The van der Waals surface area contributed by atoms with Crippen LogP contribution in [-0.2, 0) is 11.2 Å². The normalized spacial score (nSPS) is 19.3. The Balaban J connectivity index is 2.44. The Hall–Kier alpha value is -1.55. The number of aromatic carboxylic acids is 1. The van der Waals surface area contributed by atoms with Gasteiger partial charge in [0.2, 0.25) is 5.91 Å². The van der Waals surface area contributed by atoms with Crippen LogP contribution in [0.25, 0.3) is 0 Å². The Morgan fingerprint density at radius 2 is 2.28 bits per heavy atom. The lowest BCUT2D eigenvalue weighted by atomic mass is 10.1. The Kier molecular flexibility index (Phi) is 3.57. The summed E-state index contributed by atoms with van der Waals surface area (Å²) in [6.07, 6.45) is 1.05. The van der Waals surface area contributed by atoms with E-state index in [9.17, 15) is 9.59 Å². The van der Waals surface area contributed by atoms with Crippen molar-refractivity contribution in [1.29, 1.82) is 0 Å². The van der Waals surface area contributed by atoms with Crippen molar-refractivity contribution < 1.29 is 14.7 Å². The number of halogens is 1. The Bertz CT molecular complexity index is 501. The summed E-state index contributed by atoms with van der Waals surface area (Å²) in [5, 5.41) is 8.81. The molecule has 1 aromatic carbocycles. The molecule has 4 nitrogen and oxygen atoms in total. The van der Waals surface area contributed by atoms with E-state index < -0.39 is 5.97 Å². The van der Waals surface area contributed by atoms with Crippen molar-refractivity contribution in [3.63, 3.8) is 0 Å². The lowest BCUT2D eigenvalue weighted by Gasteiger charge is -2.20. The van der Waals surface area contributed by atoms with E-state index in [1.807, 2.05) is 6.92 Å². The van der Waals surface area contributed by atoms with Crippen LogP contribution in [0.5, 0.6) is 0 Å². The number of anilines is 1. The first-order valence-corrected chi connectivity index (χ1v) is 6.27. The minimum atomic E-state index is -0.993.